The Morgan fingerprint density at radius 3 is 2.31 bits per heavy atom. The van der Waals surface area contributed by atoms with E-state index < -0.39 is 10.1 Å². The van der Waals surface area contributed by atoms with Crippen LogP contribution in [0.5, 0.6) is 5.75 Å². The predicted molar refractivity (Wildman–Crippen MR) is 142 cm³/mol. The van der Waals surface area contributed by atoms with Gasteiger partial charge in [0.2, 0.25) is 0 Å². The molecule has 0 bridgehead atoms. The minimum atomic E-state index is -4.13. The molecule has 0 radical (unpaired) electrons. The highest BCUT2D eigenvalue weighted by Gasteiger charge is 2.24. The molecule has 0 heterocycles. The van der Waals surface area contributed by atoms with Gasteiger partial charge >= 0.3 is 10.1 Å². The topological polar surface area (TPSA) is 63.7 Å². The van der Waals surface area contributed by atoms with E-state index in [4.69, 9.17) is 15.8 Å². The molecule has 0 saturated carbocycles. The summed E-state index contributed by atoms with van der Waals surface area (Å²) in [7, 11) is -4.13. The average molecular weight is 516 g/mol. The van der Waals surface area contributed by atoms with Crippen molar-refractivity contribution in [3.63, 3.8) is 0 Å². The number of carbonyl (C=O) groups is 1. The first-order valence-electron chi connectivity index (χ1n) is 11.0. The molecule has 0 spiro atoms. The van der Waals surface area contributed by atoms with Gasteiger partial charge in [0.1, 0.15) is 4.90 Å². The van der Waals surface area contributed by atoms with Gasteiger partial charge in [-0.25, -0.2) is 0 Å². The number of para-hydroxylation sites is 2. The highest BCUT2D eigenvalue weighted by molar-refractivity contribution is 7.87. The Balaban J connectivity index is 1.71. The summed E-state index contributed by atoms with van der Waals surface area (Å²) in [6.07, 6.45) is 0. The number of hydrogen-bond acceptors (Lipinski definition) is 4. The fraction of sp³-hybridized carbons (Fsp3) is 0.0690. The van der Waals surface area contributed by atoms with E-state index in [1.807, 2.05) is 19.1 Å². The maximum Gasteiger partial charge on any atom is 0.339 e. The molecule has 0 fully saturated rings. The Morgan fingerprint density at radius 2 is 1.58 bits per heavy atom. The largest absolute Gasteiger partial charge is 0.377 e. The van der Waals surface area contributed by atoms with E-state index in [-0.39, 0.29) is 28.8 Å². The number of hydrogen-bond donors (Lipinski definition) is 0. The molecule has 5 nitrogen and oxygen atoms in total. The molecule has 0 atom stereocenters. The summed E-state index contributed by atoms with van der Waals surface area (Å²) in [5, 5.41) is 0.555. The number of carbonyl (C=O) groups excluding carboxylic acids is 1. The maximum absolute atomic E-state index is 13.5. The molecular formula is C29H22ClNO4S. The number of halogens is 1. The summed E-state index contributed by atoms with van der Waals surface area (Å²) in [6, 6.07) is 28.6. The Bertz CT molecular complexity index is 1540. The molecule has 0 aliphatic carbocycles. The van der Waals surface area contributed by atoms with Crippen LogP contribution in [0.2, 0.25) is 5.02 Å². The van der Waals surface area contributed by atoms with Crippen molar-refractivity contribution in [2.75, 3.05) is 11.4 Å². The SMILES string of the molecule is Cc1ccc(S(=O)(=O)Oc2ccccc2N(CC#Cc2cccc(Cl)c2)C(=O)c2ccccc2)cc1. The molecule has 1 amide bonds. The summed E-state index contributed by atoms with van der Waals surface area (Å²) in [6.45, 7) is 1.86. The fourth-order valence-electron chi connectivity index (χ4n) is 3.41. The highest BCUT2D eigenvalue weighted by atomic mass is 35.5. The molecule has 0 N–H and O–H groups in total. The molecule has 0 saturated heterocycles. The second kappa shape index (κ2) is 11.1. The second-order valence-corrected chi connectivity index (χ2v) is 9.87. The molecule has 4 rings (SSSR count). The van der Waals surface area contributed by atoms with Gasteiger partial charge in [-0.2, -0.15) is 8.42 Å². The summed E-state index contributed by atoms with van der Waals surface area (Å²) >= 11 is 6.05. The number of aryl methyl sites for hydroxylation is 1. The first-order chi connectivity index (χ1) is 17.3. The lowest BCUT2D eigenvalue weighted by Crippen LogP contribution is -2.32. The lowest BCUT2D eigenvalue weighted by Gasteiger charge is -2.23. The molecule has 0 aliphatic rings. The monoisotopic (exact) mass is 515 g/mol. The van der Waals surface area contributed by atoms with Crippen LogP contribution in [0.4, 0.5) is 5.69 Å². The minimum Gasteiger partial charge on any atom is -0.377 e. The van der Waals surface area contributed by atoms with Crippen LogP contribution in [-0.4, -0.2) is 20.9 Å². The van der Waals surface area contributed by atoms with Crippen LogP contribution in [0, 0.1) is 18.8 Å². The third-order valence-electron chi connectivity index (χ3n) is 5.23. The molecule has 4 aromatic rings. The molecule has 36 heavy (non-hydrogen) atoms. The third kappa shape index (κ3) is 6.14. The summed E-state index contributed by atoms with van der Waals surface area (Å²) in [5.41, 5.74) is 2.33. The van der Waals surface area contributed by atoms with E-state index in [1.165, 1.54) is 23.1 Å². The van der Waals surface area contributed by atoms with Crippen molar-refractivity contribution in [1.82, 2.24) is 0 Å². The van der Waals surface area contributed by atoms with E-state index in [2.05, 4.69) is 11.8 Å². The van der Waals surface area contributed by atoms with Gasteiger partial charge in [0.05, 0.1) is 12.2 Å². The number of rotatable bonds is 6. The van der Waals surface area contributed by atoms with Gasteiger partial charge in [-0.15, -0.1) is 0 Å². The van der Waals surface area contributed by atoms with Gasteiger partial charge in [0, 0.05) is 16.1 Å². The third-order valence-corrected chi connectivity index (χ3v) is 6.71. The standard InChI is InChI=1S/C29H22ClNO4S/c1-22-16-18-26(19-17-22)36(33,34)35-28-15-6-5-14-27(28)31(29(32)24-11-3-2-4-12-24)20-8-10-23-9-7-13-25(30)21-23/h2-7,9,11-19,21H,20H2,1H3. The molecule has 4 aromatic carbocycles. The zero-order chi connectivity index (χ0) is 25.5. The van der Waals surface area contributed by atoms with Gasteiger partial charge in [-0.1, -0.05) is 77.5 Å². The molecule has 7 heteroatoms. The summed E-state index contributed by atoms with van der Waals surface area (Å²) < 4.78 is 31.5. The number of amides is 1. The Kier molecular flexibility index (Phi) is 7.74. The predicted octanol–water partition coefficient (Wildman–Crippen LogP) is 6.11. The van der Waals surface area contributed by atoms with Gasteiger partial charge in [-0.05, 0) is 61.5 Å². The normalized spacial score (nSPS) is 10.7. The van der Waals surface area contributed by atoms with Gasteiger partial charge in [0.25, 0.3) is 5.91 Å². The van der Waals surface area contributed by atoms with Crippen LogP contribution >= 0.6 is 11.6 Å². The van der Waals surface area contributed by atoms with Gasteiger partial charge in [-0.3, -0.25) is 9.69 Å². The van der Waals surface area contributed by atoms with Crippen LogP contribution < -0.4 is 9.08 Å². The highest BCUT2D eigenvalue weighted by Crippen LogP contribution is 2.31. The zero-order valence-corrected chi connectivity index (χ0v) is 21.0. The van der Waals surface area contributed by atoms with Gasteiger partial charge in [0.15, 0.2) is 5.75 Å². The molecular weight excluding hydrogens is 494 g/mol. The van der Waals surface area contributed by atoms with Crippen LogP contribution in [0.25, 0.3) is 0 Å². The Morgan fingerprint density at radius 1 is 0.889 bits per heavy atom. The van der Waals surface area contributed by atoms with Crippen molar-refractivity contribution >= 4 is 33.3 Å². The number of nitrogens with zero attached hydrogens (tertiary/aromatic N) is 1. The Labute approximate surface area is 216 Å². The van der Waals surface area contributed by atoms with Crippen LogP contribution in [0.1, 0.15) is 21.5 Å². The number of benzene rings is 4. The summed E-state index contributed by atoms with van der Waals surface area (Å²) in [5.74, 6) is 5.67. The van der Waals surface area contributed by atoms with Gasteiger partial charge < -0.3 is 4.18 Å². The molecule has 180 valence electrons. The van der Waals surface area contributed by atoms with Crippen molar-refractivity contribution in [3.8, 4) is 17.6 Å². The van der Waals surface area contributed by atoms with Crippen LogP contribution in [-0.2, 0) is 10.1 Å². The maximum atomic E-state index is 13.5. The first kappa shape index (κ1) is 25.1. The second-order valence-electron chi connectivity index (χ2n) is 7.89. The lowest BCUT2D eigenvalue weighted by atomic mass is 10.1. The molecule has 0 aliphatic heterocycles. The smallest absolute Gasteiger partial charge is 0.339 e. The van der Waals surface area contributed by atoms with E-state index in [1.54, 1.807) is 72.8 Å². The van der Waals surface area contributed by atoms with E-state index in [0.29, 0.717) is 16.1 Å². The number of anilines is 1. The average Bonchev–Trinajstić information content (AvgIpc) is 2.87. The Hall–Kier alpha value is -4.05. The van der Waals surface area contributed by atoms with Crippen molar-refractivity contribution in [2.45, 2.75) is 11.8 Å². The molecule has 0 unspecified atom stereocenters. The van der Waals surface area contributed by atoms with E-state index in [0.717, 1.165) is 5.56 Å². The van der Waals surface area contributed by atoms with Crippen molar-refractivity contribution in [2.24, 2.45) is 0 Å². The zero-order valence-electron chi connectivity index (χ0n) is 19.4. The van der Waals surface area contributed by atoms with Crippen LogP contribution in [0.15, 0.2) is 108 Å². The van der Waals surface area contributed by atoms with Crippen molar-refractivity contribution < 1.29 is 17.4 Å². The van der Waals surface area contributed by atoms with E-state index >= 15 is 0 Å². The quantitative estimate of drug-likeness (QED) is 0.229. The molecule has 0 aromatic heterocycles. The van der Waals surface area contributed by atoms with Crippen molar-refractivity contribution in [1.29, 1.82) is 0 Å². The minimum absolute atomic E-state index is 0.00874. The lowest BCUT2D eigenvalue weighted by molar-refractivity contribution is 0.0989. The van der Waals surface area contributed by atoms with Crippen LogP contribution in [0.3, 0.4) is 0 Å². The van der Waals surface area contributed by atoms with E-state index in [9.17, 15) is 13.2 Å². The fourth-order valence-corrected chi connectivity index (χ4v) is 4.54. The summed E-state index contributed by atoms with van der Waals surface area (Å²) in [4.78, 5) is 14.9. The van der Waals surface area contributed by atoms with Crippen molar-refractivity contribution in [3.05, 3.63) is 125 Å². The first-order valence-corrected chi connectivity index (χ1v) is 12.8.